The lowest BCUT2D eigenvalue weighted by atomic mass is 10.4. The number of hydrogen-bond acceptors (Lipinski definition) is 1. The summed E-state index contributed by atoms with van der Waals surface area (Å²) in [6.45, 7) is 2.00. The molecule has 0 fully saturated rings. The van der Waals surface area contributed by atoms with Crippen LogP contribution in [0.1, 0.15) is 0 Å². The largest absolute Gasteiger partial charge is 0.412 e. The van der Waals surface area contributed by atoms with Gasteiger partial charge in [0.05, 0.1) is 0 Å². The minimum Gasteiger partial charge on any atom is -0.412 e. The third-order valence-electron chi connectivity index (χ3n) is 0.667. The Kier molecular flexibility index (Phi) is 11.9. The van der Waals surface area contributed by atoms with Gasteiger partial charge in [0.25, 0.3) is 0 Å². The molecule has 0 aromatic heterocycles. The first-order chi connectivity index (χ1) is 4.00. The van der Waals surface area contributed by atoms with Gasteiger partial charge in [-0.2, -0.15) is 0 Å². The van der Waals surface area contributed by atoms with E-state index in [2.05, 4.69) is 0 Å². The van der Waals surface area contributed by atoms with Crippen molar-refractivity contribution in [3.05, 3.63) is 36.4 Å². The van der Waals surface area contributed by atoms with E-state index < -0.39 is 0 Å². The molecule has 2 nitrogen and oxygen atoms in total. The molecule has 0 atom stereocenters. The highest BCUT2D eigenvalue weighted by molar-refractivity contribution is 5.11. The van der Waals surface area contributed by atoms with E-state index in [1.165, 1.54) is 0 Å². The molecule has 1 rings (SSSR count). The molecule has 0 saturated heterocycles. The van der Waals surface area contributed by atoms with E-state index >= 15 is 0 Å². The van der Waals surface area contributed by atoms with Crippen LogP contribution >= 0.6 is 0 Å². The maximum absolute atomic E-state index is 8.00. The molecule has 0 spiro atoms. The van der Waals surface area contributed by atoms with E-state index in [9.17, 15) is 0 Å². The fraction of sp³-hybridized carbons (Fsp3) is 0. The molecule has 0 aliphatic rings. The summed E-state index contributed by atoms with van der Waals surface area (Å²) in [7, 11) is 0. The van der Waals surface area contributed by atoms with Crippen molar-refractivity contribution in [2.24, 2.45) is 0 Å². The minimum atomic E-state index is 0. The highest BCUT2D eigenvalue weighted by atomic mass is 16.1. The second kappa shape index (κ2) is 9.97. The summed E-state index contributed by atoms with van der Waals surface area (Å²) in [6.07, 6.45) is 0. The van der Waals surface area contributed by atoms with Gasteiger partial charge in [-0.3, -0.25) is 0 Å². The van der Waals surface area contributed by atoms with Gasteiger partial charge >= 0.3 is 0 Å². The van der Waals surface area contributed by atoms with Crippen molar-refractivity contribution in [2.75, 3.05) is 0 Å². The van der Waals surface area contributed by atoms with Gasteiger partial charge in [0.1, 0.15) is 6.79 Å². The molecular weight excluding hydrogens is 116 g/mol. The Bertz CT molecular complexity index is 89.8. The van der Waals surface area contributed by atoms with Crippen LogP contribution in [-0.2, 0) is 4.79 Å². The third kappa shape index (κ3) is 6.85. The second-order valence-corrected chi connectivity index (χ2v) is 1.15. The van der Waals surface area contributed by atoms with Gasteiger partial charge in [0.2, 0.25) is 0 Å². The van der Waals surface area contributed by atoms with Crippen molar-refractivity contribution in [3.63, 3.8) is 0 Å². The minimum absolute atomic E-state index is 0. The van der Waals surface area contributed by atoms with Crippen molar-refractivity contribution >= 4 is 6.79 Å². The molecule has 0 saturated carbocycles. The van der Waals surface area contributed by atoms with Crippen molar-refractivity contribution in [1.29, 1.82) is 0 Å². The molecular formula is C7H10O2. The fourth-order valence-corrected chi connectivity index (χ4v) is 0.385. The van der Waals surface area contributed by atoms with E-state index in [4.69, 9.17) is 4.79 Å². The molecule has 0 radical (unpaired) electrons. The fourth-order valence-electron chi connectivity index (χ4n) is 0.385. The van der Waals surface area contributed by atoms with Crippen LogP contribution < -0.4 is 0 Å². The molecule has 0 heterocycles. The Morgan fingerprint density at radius 2 is 0.778 bits per heavy atom. The van der Waals surface area contributed by atoms with E-state index in [0.717, 1.165) is 0 Å². The number of rotatable bonds is 0. The Morgan fingerprint density at radius 1 is 0.667 bits per heavy atom. The third-order valence-corrected chi connectivity index (χ3v) is 0.667. The van der Waals surface area contributed by atoms with E-state index in [1.807, 2.05) is 43.2 Å². The smallest absolute Gasteiger partial charge is 0.106 e. The molecule has 0 unspecified atom stereocenters. The summed E-state index contributed by atoms with van der Waals surface area (Å²) >= 11 is 0. The van der Waals surface area contributed by atoms with Gasteiger partial charge in [-0.15, -0.1) is 0 Å². The van der Waals surface area contributed by atoms with Crippen molar-refractivity contribution in [1.82, 2.24) is 0 Å². The van der Waals surface area contributed by atoms with Gasteiger partial charge in [-0.05, 0) is 0 Å². The lowest BCUT2D eigenvalue weighted by Gasteiger charge is -1.69. The first-order valence-corrected chi connectivity index (χ1v) is 2.29. The highest BCUT2D eigenvalue weighted by Crippen LogP contribution is 1.79. The van der Waals surface area contributed by atoms with Gasteiger partial charge in [-0.1, -0.05) is 36.4 Å². The number of benzene rings is 1. The van der Waals surface area contributed by atoms with Crippen LogP contribution in [0.5, 0.6) is 0 Å². The van der Waals surface area contributed by atoms with Crippen LogP contribution in [0.2, 0.25) is 0 Å². The molecule has 9 heavy (non-hydrogen) atoms. The monoisotopic (exact) mass is 126 g/mol. The van der Waals surface area contributed by atoms with Gasteiger partial charge in [0, 0.05) is 0 Å². The summed E-state index contributed by atoms with van der Waals surface area (Å²) in [5.74, 6) is 0. The zero-order valence-electron chi connectivity index (χ0n) is 5.08. The van der Waals surface area contributed by atoms with Crippen LogP contribution in [0.25, 0.3) is 0 Å². The lowest BCUT2D eigenvalue weighted by Crippen LogP contribution is -1.47. The molecule has 0 aliphatic carbocycles. The van der Waals surface area contributed by atoms with Crippen molar-refractivity contribution < 1.29 is 10.3 Å². The van der Waals surface area contributed by atoms with Gasteiger partial charge in [0.15, 0.2) is 0 Å². The molecule has 0 amide bonds. The van der Waals surface area contributed by atoms with Gasteiger partial charge in [-0.25, -0.2) is 0 Å². The van der Waals surface area contributed by atoms with Crippen LogP contribution in [0.15, 0.2) is 36.4 Å². The van der Waals surface area contributed by atoms with Crippen molar-refractivity contribution in [3.8, 4) is 0 Å². The average Bonchev–Trinajstić information content (AvgIpc) is 1.96. The van der Waals surface area contributed by atoms with E-state index in [-0.39, 0.29) is 5.48 Å². The zero-order valence-corrected chi connectivity index (χ0v) is 5.08. The molecule has 2 N–H and O–H groups in total. The summed E-state index contributed by atoms with van der Waals surface area (Å²) in [5.41, 5.74) is 0. The zero-order chi connectivity index (χ0) is 6.24. The Hall–Kier alpha value is -1.15. The molecule has 1 aromatic rings. The van der Waals surface area contributed by atoms with Crippen LogP contribution in [0.4, 0.5) is 0 Å². The quantitative estimate of drug-likeness (QED) is 0.504. The topological polar surface area (TPSA) is 48.6 Å². The molecule has 0 bridgehead atoms. The normalized spacial score (nSPS) is 5.78. The van der Waals surface area contributed by atoms with E-state index in [1.54, 1.807) is 0 Å². The first kappa shape index (κ1) is 10.8. The standard InChI is InChI=1S/C6H6.CH2O.H2O/c1-2-4-6-5-3-1;1-2;/h1-6H;1H2;1H2. The Balaban J connectivity index is 0. The maximum atomic E-state index is 8.00. The second-order valence-electron chi connectivity index (χ2n) is 1.15. The molecule has 0 aliphatic heterocycles. The summed E-state index contributed by atoms with van der Waals surface area (Å²) < 4.78 is 0. The Morgan fingerprint density at radius 3 is 0.889 bits per heavy atom. The van der Waals surface area contributed by atoms with Crippen molar-refractivity contribution in [2.45, 2.75) is 0 Å². The SMILES string of the molecule is C=O.O.c1ccccc1. The van der Waals surface area contributed by atoms with Crippen LogP contribution in [0, 0.1) is 0 Å². The average molecular weight is 126 g/mol. The van der Waals surface area contributed by atoms with Gasteiger partial charge < -0.3 is 10.3 Å². The maximum Gasteiger partial charge on any atom is 0.106 e. The summed E-state index contributed by atoms with van der Waals surface area (Å²) in [6, 6.07) is 12.0. The Labute approximate surface area is 54.4 Å². The first-order valence-electron chi connectivity index (χ1n) is 2.29. The molecule has 1 aromatic carbocycles. The number of hydrogen-bond donors (Lipinski definition) is 0. The van der Waals surface area contributed by atoms with Crippen LogP contribution in [0.3, 0.4) is 0 Å². The van der Waals surface area contributed by atoms with Crippen LogP contribution in [-0.4, -0.2) is 12.3 Å². The number of carbonyl (C=O) groups is 1. The lowest BCUT2D eigenvalue weighted by molar-refractivity contribution is -0.0979. The molecule has 50 valence electrons. The number of carbonyl (C=O) groups excluding carboxylic acids is 1. The highest BCUT2D eigenvalue weighted by Gasteiger charge is 1.57. The van der Waals surface area contributed by atoms with E-state index in [0.29, 0.717) is 0 Å². The summed E-state index contributed by atoms with van der Waals surface area (Å²) in [4.78, 5) is 8.00. The predicted molar refractivity (Wildman–Crippen MR) is 37.2 cm³/mol. The predicted octanol–water partition coefficient (Wildman–Crippen LogP) is 0.677. The molecule has 2 heteroatoms. The summed E-state index contributed by atoms with van der Waals surface area (Å²) in [5, 5.41) is 0.